The summed E-state index contributed by atoms with van der Waals surface area (Å²) in [7, 11) is 0. The summed E-state index contributed by atoms with van der Waals surface area (Å²) < 4.78 is 5.21. The number of rotatable bonds is 5. The van der Waals surface area contributed by atoms with Gasteiger partial charge in [0.25, 0.3) is 5.91 Å². The number of nitrogens with zero attached hydrogens (tertiary/aromatic N) is 2. The summed E-state index contributed by atoms with van der Waals surface area (Å²) in [6, 6.07) is 9.74. The number of amidine groups is 1. The number of amides is 1. The Balaban J connectivity index is 1.82. The minimum Gasteiger partial charge on any atom is -0.384 e. The molecular weight excluding hydrogens is 270 g/mol. The smallest absolute Gasteiger partial charge is 0.266 e. The number of hydrogen-bond donors (Lipinski definition) is 1. The first-order valence-electron chi connectivity index (χ1n) is 7.05. The average Bonchev–Trinajstić information content (AvgIpc) is 2.53. The maximum Gasteiger partial charge on any atom is 0.266 e. The first-order valence-corrected chi connectivity index (χ1v) is 7.05. The third-order valence-corrected chi connectivity index (χ3v) is 3.23. The standard InChI is InChI=1S/C15H21N3O3/c1-12(15(19)18-7-9-20-10-8-18)21-17-14(16)11-13-5-3-2-4-6-13/h2-6,12H,7-11H2,1H3,(H2,16,17). The van der Waals surface area contributed by atoms with E-state index in [1.165, 1.54) is 0 Å². The van der Waals surface area contributed by atoms with Crippen LogP contribution in [0.3, 0.4) is 0 Å². The van der Waals surface area contributed by atoms with Crippen LogP contribution in [-0.2, 0) is 20.8 Å². The third kappa shape index (κ3) is 4.75. The first kappa shape index (κ1) is 15.3. The summed E-state index contributed by atoms with van der Waals surface area (Å²) in [6.45, 7) is 4.00. The molecule has 1 unspecified atom stereocenters. The second-order valence-corrected chi connectivity index (χ2v) is 4.93. The fourth-order valence-corrected chi connectivity index (χ4v) is 2.07. The SMILES string of the molecule is CC(O/N=C(/N)Cc1ccccc1)C(=O)N1CCOCC1. The number of nitrogens with two attached hydrogens (primary N) is 1. The van der Waals surface area contributed by atoms with Crippen molar-refractivity contribution in [2.75, 3.05) is 26.3 Å². The molecule has 6 heteroatoms. The van der Waals surface area contributed by atoms with Crippen molar-refractivity contribution in [1.29, 1.82) is 0 Å². The molecule has 0 spiro atoms. The van der Waals surface area contributed by atoms with Gasteiger partial charge in [0.2, 0.25) is 6.10 Å². The van der Waals surface area contributed by atoms with Crippen LogP contribution in [0.25, 0.3) is 0 Å². The van der Waals surface area contributed by atoms with Gasteiger partial charge in [-0.2, -0.15) is 0 Å². The number of carbonyl (C=O) groups is 1. The summed E-state index contributed by atoms with van der Waals surface area (Å²) in [6.07, 6.45) is -0.142. The molecular formula is C15H21N3O3. The van der Waals surface area contributed by atoms with E-state index in [2.05, 4.69) is 5.16 Å². The van der Waals surface area contributed by atoms with Gasteiger partial charge in [-0.15, -0.1) is 0 Å². The van der Waals surface area contributed by atoms with Crippen LogP contribution >= 0.6 is 0 Å². The van der Waals surface area contributed by atoms with Gasteiger partial charge >= 0.3 is 0 Å². The van der Waals surface area contributed by atoms with E-state index in [9.17, 15) is 4.79 Å². The quantitative estimate of drug-likeness (QED) is 0.494. The average molecular weight is 291 g/mol. The van der Waals surface area contributed by atoms with Crippen LogP contribution < -0.4 is 5.73 Å². The number of morpholine rings is 1. The van der Waals surface area contributed by atoms with Crippen molar-refractivity contribution >= 4 is 11.7 Å². The number of hydrogen-bond acceptors (Lipinski definition) is 4. The maximum absolute atomic E-state index is 12.1. The summed E-state index contributed by atoms with van der Waals surface area (Å²) in [5, 5.41) is 3.85. The maximum atomic E-state index is 12.1. The van der Waals surface area contributed by atoms with Gasteiger partial charge in [-0.05, 0) is 12.5 Å². The van der Waals surface area contributed by atoms with Crippen molar-refractivity contribution in [2.45, 2.75) is 19.4 Å². The molecule has 6 nitrogen and oxygen atoms in total. The molecule has 114 valence electrons. The van der Waals surface area contributed by atoms with Gasteiger partial charge in [-0.1, -0.05) is 35.5 Å². The normalized spacial score (nSPS) is 17.4. The lowest BCUT2D eigenvalue weighted by Crippen LogP contribution is -2.45. The van der Waals surface area contributed by atoms with E-state index in [4.69, 9.17) is 15.3 Å². The van der Waals surface area contributed by atoms with E-state index in [0.717, 1.165) is 5.56 Å². The van der Waals surface area contributed by atoms with E-state index in [1.54, 1.807) is 11.8 Å². The van der Waals surface area contributed by atoms with E-state index < -0.39 is 6.10 Å². The Kier molecular flexibility index (Phi) is 5.57. The second-order valence-electron chi connectivity index (χ2n) is 4.93. The van der Waals surface area contributed by atoms with Gasteiger partial charge in [0.15, 0.2) is 0 Å². The minimum absolute atomic E-state index is 0.0884. The molecule has 21 heavy (non-hydrogen) atoms. The monoisotopic (exact) mass is 291 g/mol. The molecule has 1 atom stereocenters. The van der Waals surface area contributed by atoms with Gasteiger partial charge in [0.1, 0.15) is 5.84 Å². The van der Waals surface area contributed by atoms with Crippen LogP contribution in [0.2, 0.25) is 0 Å². The van der Waals surface area contributed by atoms with Crippen molar-refractivity contribution in [3.05, 3.63) is 35.9 Å². The van der Waals surface area contributed by atoms with Gasteiger partial charge in [0.05, 0.1) is 13.2 Å². The van der Waals surface area contributed by atoms with E-state index in [0.29, 0.717) is 38.6 Å². The van der Waals surface area contributed by atoms with Crippen LogP contribution in [0.1, 0.15) is 12.5 Å². The molecule has 0 aliphatic carbocycles. The van der Waals surface area contributed by atoms with Crippen LogP contribution in [0, 0.1) is 0 Å². The van der Waals surface area contributed by atoms with Crippen LogP contribution in [0.5, 0.6) is 0 Å². The zero-order valence-electron chi connectivity index (χ0n) is 12.2. The van der Waals surface area contributed by atoms with Crippen molar-refractivity contribution in [3.8, 4) is 0 Å². The molecule has 1 amide bonds. The number of benzene rings is 1. The van der Waals surface area contributed by atoms with Crippen molar-refractivity contribution in [3.63, 3.8) is 0 Å². The highest BCUT2D eigenvalue weighted by molar-refractivity contribution is 5.83. The predicted molar refractivity (Wildman–Crippen MR) is 79.7 cm³/mol. The van der Waals surface area contributed by atoms with Crippen molar-refractivity contribution in [2.24, 2.45) is 10.9 Å². The van der Waals surface area contributed by atoms with E-state index in [1.807, 2.05) is 30.3 Å². The van der Waals surface area contributed by atoms with Crippen LogP contribution in [-0.4, -0.2) is 49.0 Å². The van der Waals surface area contributed by atoms with E-state index >= 15 is 0 Å². The molecule has 1 aliphatic heterocycles. The number of carbonyl (C=O) groups excluding carboxylic acids is 1. The highest BCUT2D eigenvalue weighted by Gasteiger charge is 2.23. The predicted octanol–water partition coefficient (Wildman–Crippen LogP) is 0.765. The second kappa shape index (κ2) is 7.64. The Bertz CT molecular complexity index is 484. The fraction of sp³-hybridized carbons (Fsp3) is 0.467. The molecule has 1 aliphatic rings. The molecule has 1 heterocycles. The summed E-state index contributed by atoms with van der Waals surface area (Å²) in [5.41, 5.74) is 6.86. The van der Waals surface area contributed by atoms with Gasteiger partial charge in [-0.3, -0.25) is 4.79 Å². The topological polar surface area (TPSA) is 77.2 Å². The number of ether oxygens (including phenoxy) is 1. The Morgan fingerprint density at radius 2 is 2.05 bits per heavy atom. The van der Waals surface area contributed by atoms with E-state index in [-0.39, 0.29) is 5.91 Å². The van der Waals surface area contributed by atoms with Crippen molar-refractivity contribution < 1.29 is 14.4 Å². The molecule has 1 aromatic rings. The Morgan fingerprint density at radius 1 is 1.38 bits per heavy atom. The Labute approximate surface area is 124 Å². The van der Waals surface area contributed by atoms with Crippen LogP contribution in [0.15, 0.2) is 35.5 Å². The molecule has 2 rings (SSSR count). The first-order chi connectivity index (χ1) is 10.2. The molecule has 0 radical (unpaired) electrons. The van der Waals surface area contributed by atoms with Crippen LogP contribution in [0.4, 0.5) is 0 Å². The third-order valence-electron chi connectivity index (χ3n) is 3.23. The summed E-state index contributed by atoms with van der Waals surface area (Å²) >= 11 is 0. The van der Waals surface area contributed by atoms with Crippen molar-refractivity contribution in [1.82, 2.24) is 4.90 Å². The summed E-state index contributed by atoms with van der Waals surface area (Å²) in [4.78, 5) is 19.0. The largest absolute Gasteiger partial charge is 0.384 e. The molecule has 1 fully saturated rings. The molecule has 0 saturated carbocycles. The van der Waals surface area contributed by atoms with Gasteiger partial charge in [-0.25, -0.2) is 0 Å². The number of oxime groups is 1. The molecule has 1 aromatic carbocycles. The Hall–Kier alpha value is -2.08. The lowest BCUT2D eigenvalue weighted by atomic mass is 10.1. The van der Waals surface area contributed by atoms with Gasteiger partial charge < -0.3 is 20.2 Å². The molecule has 0 bridgehead atoms. The molecule has 2 N–H and O–H groups in total. The van der Waals surface area contributed by atoms with Gasteiger partial charge in [0, 0.05) is 19.5 Å². The lowest BCUT2D eigenvalue weighted by molar-refractivity contribution is -0.146. The zero-order chi connectivity index (χ0) is 15.1. The highest BCUT2D eigenvalue weighted by atomic mass is 16.6. The lowest BCUT2D eigenvalue weighted by Gasteiger charge is -2.28. The fourth-order valence-electron chi connectivity index (χ4n) is 2.07. The summed E-state index contributed by atoms with van der Waals surface area (Å²) in [5.74, 6) is 0.261. The molecule has 1 saturated heterocycles. The zero-order valence-corrected chi connectivity index (χ0v) is 12.2. The Morgan fingerprint density at radius 3 is 2.71 bits per heavy atom. The molecule has 0 aromatic heterocycles. The highest BCUT2D eigenvalue weighted by Crippen LogP contribution is 2.04. The minimum atomic E-state index is -0.641.